The molecule has 2 aromatic rings. The first-order valence-electron chi connectivity index (χ1n) is 7.49. The number of nitrogens with two attached hydrogens (primary N) is 1. The molecule has 0 unspecified atom stereocenters. The lowest BCUT2D eigenvalue weighted by atomic mass is 9.94. The summed E-state index contributed by atoms with van der Waals surface area (Å²) < 4.78 is 0. The van der Waals surface area contributed by atoms with Crippen LogP contribution in [0.5, 0.6) is 0 Å². The smallest absolute Gasteiger partial charge is 0.407 e. The van der Waals surface area contributed by atoms with E-state index in [1.54, 1.807) is 6.07 Å². The number of amides is 2. The number of carbonyl (C=O) groups is 2. The zero-order valence-electron chi connectivity index (χ0n) is 13.1. The molecular formula is C17H19N3O3. The molecule has 0 atom stereocenters. The summed E-state index contributed by atoms with van der Waals surface area (Å²) in [5, 5.41) is 10.2. The van der Waals surface area contributed by atoms with Gasteiger partial charge in [0.2, 0.25) is 0 Å². The first kappa shape index (κ1) is 15.1. The fourth-order valence-corrected chi connectivity index (χ4v) is 3.17. The summed E-state index contributed by atoms with van der Waals surface area (Å²) in [6.07, 6.45) is 1.84. The Morgan fingerprint density at radius 2 is 2.04 bits per heavy atom. The van der Waals surface area contributed by atoms with Crippen molar-refractivity contribution in [2.24, 2.45) is 5.73 Å². The number of aromatic nitrogens is 1. The van der Waals surface area contributed by atoms with Gasteiger partial charge in [-0.3, -0.25) is 4.79 Å². The quantitative estimate of drug-likeness (QED) is 0.794. The Hall–Kier alpha value is -2.76. The predicted molar refractivity (Wildman–Crippen MR) is 88.5 cm³/mol. The van der Waals surface area contributed by atoms with Crippen LogP contribution in [-0.2, 0) is 0 Å². The standard InChI is InChI=1S/C17H19N3O3/c1-9-10(2)19-15-13(16(18)21)6-5-12(14(9)15)11-4-3-7-20(8-11)17(22)23/h4-6,19H,3,7-8H2,1-2H3,(H2,18,21)(H,22,23). The van der Waals surface area contributed by atoms with Crippen LogP contribution in [0.1, 0.15) is 33.6 Å². The SMILES string of the molecule is Cc1[nH]c2c(C(N)=O)ccc(C3=CCCN(C(=O)O)C3)c2c1C. The predicted octanol–water partition coefficient (Wildman–Crippen LogP) is 2.65. The molecule has 0 aliphatic carbocycles. The van der Waals surface area contributed by atoms with E-state index in [0.717, 1.165) is 33.3 Å². The molecule has 2 heterocycles. The van der Waals surface area contributed by atoms with E-state index in [2.05, 4.69) is 11.1 Å². The van der Waals surface area contributed by atoms with Gasteiger partial charge in [-0.05, 0) is 43.0 Å². The van der Waals surface area contributed by atoms with Crippen molar-refractivity contribution in [2.45, 2.75) is 20.3 Å². The summed E-state index contributed by atoms with van der Waals surface area (Å²) in [5.41, 5.74) is 10.6. The highest BCUT2D eigenvalue weighted by atomic mass is 16.4. The van der Waals surface area contributed by atoms with Gasteiger partial charge in [-0.2, -0.15) is 0 Å². The highest BCUT2D eigenvalue weighted by Gasteiger charge is 2.22. The Kier molecular flexibility index (Phi) is 3.60. The summed E-state index contributed by atoms with van der Waals surface area (Å²) in [6, 6.07) is 3.57. The molecule has 0 spiro atoms. The van der Waals surface area contributed by atoms with E-state index in [0.29, 0.717) is 25.1 Å². The fourth-order valence-electron chi connectivity index (χ4n) is 3.17. The van der Waals surface area contributed by atoms with Crippen LogP contribution in [0.2, 0.25) is 0 Å². The molecule has 0 radical (unpaired) electrons. The third-order valence-electron chi connectivity index (χ3n) is 4.49. The molecule has 1 aromatic heterocycles. The molecule has 1 aliphatic rings. The second-order valence-electron chi connectivity index (χ2n) is 5.87. The molecule has 1 aliphatic heterocycles. The second kappa shape index (κ2) is 5.46. The van der Waals surface area contributed by atoms with Crippen molar-refractivity contribution in [3.05, 3.63) is 40.6 Å². The summed E-state index contributed by atoms with van der Waals surface area (Å²) >= 11 is 0. The molecule has 0 bridgehead atoms. The molecule has 0 fully saturated rings. The largest absolute Gasteiger partial charge is 0.465 e. The van der Waals surface area contributed by atoms with Gasteiger partial charge in [-0.15, -0.1) is 0 Å². The average Bonchev–Trinajstić information content (AvgIpc) is 2.82. The highest BCUT2D eigenvalue weighted by Crippen LogP contribution is 2.33. The van der Waals surface area contributed by atoms with Gasteiger partial charge in [0.1, 0.15) is 0 Å². The summed E-state index contributed by atoms with van der Waals surface area (Å²) in [5.74, 6) is -0.479. The van der Waals surface area contributed by atoms with E-state index in [1.165, 1.54) is 4.90 Å². The van der Waals surface area contributed by atoms with Crippen LogP contribution in [0.15, 0.2) is 18.2 Å². The number of hydrogen-bond acceptors (Lipinski definition) is 2. The van der Waals surface area contributed by atoms with E-state index >= 15 is 0 Å². The minimum atomic E-state index is -0.914. The Bertz CT molecular complexity index is 848. The van der Waals surface area contributed by atoms with E-state index in [1.807, 2.05) is 19.9 Å². The number of carbonyl (C=O) groups excluding carboxylic acids is 1. The number of rotatable bonds is 2. The fraction of sp³-hybridized carbons (Fsp3) is 0.294. The highest BCUT2D eigenvalue weighted by molar-refractivity contribution is 6.09. The number of aryl methyl sites for hydroxylation is 2. The zero-order valence-corrected chi connectivity index (χ0v) is 13.1. The van der Waals surface area contributed by atoms with Crippen LogP contribution in [0.4, 0.5) is 4.79 Å². The third-order valence-corrected chi connectivity index (χ3v) is 4.49. The molecule has 6 nitrogen and oxygen atoms in total. The van der Waals surface area contributed by atoms with E-state index in [4.69, 9.17) is 5.73 Å². The van der Waals surface area contributed by atoms with Gasteiger partial charge in [0.25, 0.3) is 5.91 Å². The Balaban J connectivity index is 2.19. The average molecular weight is 313 g/mol. The Morgan fingerprint density at radius 1 is 1.30 bits per heavy atom. The molecule has 0 saturated carbocycles. The first-order valence-corrected chi connectivity index (χ1v) is 7.49. The van der Waals surface area contributed by atoms with Crippen LogP contribution < -0.4 is 5.73 Å². The molecule has 3 rings (SSSR count). The lowest BCUT2D eigenvalue weighted by molar-refractivity contribution is 0.100. The van der Waals surface area contributed by atoms with Crippen molar-refractivity contribution in [2.75, 3.05) is 13.1 Å². The minimum absolute atomic E-state index is 0.351. The monoisotopic (exact) mass is 313 g/mol. The number of carboxylic acid groups (broad SMARTS) is 1. The lowest BCUT2D eigenvalue weighted by Gasteiger charge is -2.25. The Morgan fingerprint density at radius 3 is 2.70 bits per heavy atom. The molecule has 23 heavy (non-hydrogen) atoms. The number of primary amides is 1. The molecule has 0 saturated heterocycles. The lowest BCUT2D eigenvalue weighted by Crippen LogP contribution is -2.34. The number of hydrogen-bond donors (Lipinski definition) is 3. The van der Waals surface area contributed by atoms with Crippen molar-refractivity contribution in [1.82, 2.24) is 9.88 Å². The van der Waals surface area contributed by atoms with Crippen LogP contribution >= 0.6 is 0 Å². The van der Waals surface area contributed by atoms with Gasteiger partial charge in [-0.25, -0.2) is 4.79 Å². The Labute approximate surface area is 133 Å². The van der Waals surface area contributed by atoms with Crippen molar-refractivity contribution >= 4 is 28.5 Å². The van der Waals surface area contributed by atoms with Gasteiger partial charge in [-0.1, -0.05) is 12.1 Å². The van der Waals surface area contributed by atoms with Gasteiger partial charge >= 0.3 is 6.09 Å². The van der Waals surface area contributed by atoms with Crippen LogP contribution in [-0.4, -0.2) is 40.1 Å². The first-order chi connectivity index (χ1) is 10.9. The number of benzene rings is 1. The number of nitrogens with one attached hydrogen (secondary N) is 1. The summed E-state index contributed by atoms with van der Waals surface area (Å²) in [4.78, 5) is 27.5. The molecule has 4 N–H and O–H groups in total. The normalized spacial score (nSPS) is 14.9. The number of aromatic amines is 1. The maximum Gasteiger partial charge on any atom is 0.407 e. The molecule has 120 valence electrons. The maximum absolute atomic E-state index is 11.7. The minimum Gasteiger partial charge on any atom is -0.465 e. The van der Waals surface area contributed by atoms with Crippen molar-refractivity contribution in [3.8, 4) is 0 Å². The van der Waals surface area contributed by atoms with Crippen LogP contribution in [0.3, 0.4) is 0 Å². The van der Waals surface area contributed by atoms with Crippen LogP contribution in [0, 0.1) is 13.8 Å². The second-order valence-corrected chi connectivity index (χ2v) is 5.87. The molecule has 1 aromatic carbocycles. The van der Waals surface area contributed by atoms with Crippen molar-refractivity contribution < 1.29 is 14.7 Å². The van der Waals surface area contributed by atoms with E-state index < -0.39 is 12.0 Å². The summed E-state index contributed by atoms with van der Waals surface area (Å²) in [6.45, 7) is 4.79. The van der Waals surface area contributed by atoms with Crippen LogP contribution in [0.25, 0.3) is 16.5 Å². The number of fused-ring (bicyclic) bond motifs is 1. The van der Waals surface area contributed by atoms with Gasteiger partial charge < -0.3 is 20.7 Å². The van der Waals surface area contributed by atoms with E-state index in [9.17, 15) is 14.7 Å². The van der Waals surface area contributed by atoms with Gasteiger partial charge in [0.15, 0.2) is 0 Å². The zero-order chi connectivity index (χ0) is 16.7. The topological polar surface area (TPSA) is 99.4 Å². The van der Waals surface area contributed by atoms with Gasteiger partial charge in [0, 0.05) is 24.2 Å². The number of nitrogens with zero attached hydrogens (tertiary/aromatic N) is 1. The van der Waals surface area contributed by atoms with Crippen molar-refractivity contribution in [1.29, 1.82) is 0 Å². The van der Waals surface area contributed by atoms with Gasteiger partial charge in [0.05, 0.1) is 11.1 Å². The molecular weight excluding hydrogens is 294 g/mol. The third kappa shape index (κ3) is 2.46. The summed E-state index contributed by atoms with van der Waals surface area (Å²) in [7, 11) is 0. The van der Waals surface area contributed by atoms with E-state index in [-0.39, 0.29) is 0 Å². The molecule has 6 heteroatoms. The number of H-pyrrole nitrogens is 1. The maximum atomic E-state index is 11.7. The van der Waals surface area contributed by atoms with Crippen molar-refractivity contribution in [3.63, 3.8) is 0 Å². The molecule has 2 amide bonds.